The number of nitrogens with one attached hydrogen (secondary N) is 3. The highest BCUT2D eigenvalue weighted by atomic mass is 32.2. The number of aromatic nitrogens is 4. The van der Waals surface area contributed by atoms with E-state index in [1.54, 1.807) is 6.20 Å². The van der Waals surface area contributed by atoms with Crippen LogP contribution in [-0.2, 0) is 5.75 Å². The van der Waals surface area contributed by atoms with E-state index in [4.69, 9.17) is 0 Å². The van der Waals surface area contributed by atoms with Crippen LogP contribution in [0.5, 0.6) is 0 Å². The number of hydrogen-bond donors (Lipinski definition) is 3. The van der Waals surface area contributed by atoms with Gasteiger partial charge in [0.25, 0.3) is 0 Å². The SMILES string of the molecule is CSCc1ccc(Nc2nccc(NC3=CCC=Cc4[nH]ncc43)n2)cc1. The molecular formula is C20H20N6S. The van der Waals surface area contributed by atoms with Crippen molar-refractivity contribution in [2.45, 2.75) is 12.2 Å². The lowest BCUT2D eigenvalue weighted by atomic mass is 10.2. The summed E-state index contributed by atoms with van der Waals surface area (Å²) >= 11 is 1.81. The summed E-state index contributed by atoms with van der Waals surface area (Å²) in [5.41, 5.74) is 5.27. The summed E-state index contributed by atoms with van der Waals surface area (Å²) in [6.07, 6.45) is 12.8. The highest BCUT2D eigenvalue weighted by Gasteiger charge is 2.11. The van der Waals surface area contributed by atoms with E-state index in [0.717, 1.165) is 40.6 Å². The monoisotopic (exact) mass is 376 g/mol. The van der Waals surface area contributed by atoms with Gasteiger partial charge in [0.05, 0.1) is 11.9 Å². The lowest BCUT2D eigenvalue weighted by Crippen LogP contribution is -2.04. The number of fused-ring (bicyclic) bond motifs is 1. The maximum atomic E-state index is 4.58. The maximum absolute atomic E-state index is 4.58. The smallest absolute Gasteiger partial charge is 0.229 e. The van der Waals surface area contributed by atoms with Crippen LogP contribution in [0.4, 0.5) is 17.5 Å². The Morgan fingerprint density at radius 3 is 2.89 bits per heavy atom. The Morgan fingerprint density at radius 2 is 2.04 bits per heavy atom. The van der Waals surface area contributed by atoms with E-state index in [-0.39, 0.29) is 0 Å². The molecule has 0 spiro atoms. The van der Waals surface area contributed by atoms with Gasteiger partial charge in [-0.2, -0.15) is 21.8 Å². The lowest BCUT2D eigenvalue weighted by molar-refractivity contribution is 1.08. The number of aromatic amines is 1. The molecule has 6 nitrogen and oxygen atoms in total. The molecule has 0 bridgehead atoms. The van der Waals surface area contributed by atoms with Crippen LogP contribution in [-0.4, -0.2) is 26.4 Å². The van der Waals surface area contributed by atoms with Gasteiger partial charge in [-0.15, -0.1) is 0 Å². The fraction of sp³-hybridized carbons (Fsp3) is 0.150. The van der Waals surface area contributed by atoms with Gasteiger partial charge in [0, 0.05) is 28.9 Å². The number of thioether (sulfide) groups is 1. The molecule has 1 aliphatic carbocycles. The van der Waals surface area contributed by atoms with E-state index < -0.39 is 0 Å². The minimum atomic E-state index is 0.553. The van der Waals surface area contributed by atoms with Gasteiger partial charge in [0.15, 0.2) is 0 Å². The maximum Gasteiger partial charge on any atom is 0.229 e. The number of H-pyrrole nitrogens is 1. The molecule has 0 fully saturated rings. The van der Waals surface area contributed by atoms with Crippen molar-refractivity contribution >= 4 is 41.0 Å². The summed E-state index contributed by atoms with van der Waals surface area (Å²) in [5.74, 6) is 2.29. The minimum absolute atomic E-state index is 0.553. The highest BCUT2D eigenvalue weighted by molar-refractivity contribution is 7.97. The van der Waals surface area contributed by atoms with Crippen molar-refractivity contribution in [2.24, 2.45) is 0 Å². The van der Waals surface area contributed by atoms with Gasteiger partial charge in [-0.1, -0.05) is 24.3 Å². The largest absolute Gasteiger partial charge is 0.340 e. The summed E-state index contributed by atoms with van der Waals surface area (Å²) in [7, 11) is 0. The lowest BCUT2D eigenvalue weighted by Gasteiger charge is -2.11. The number of nitrogens with zero attached hydrogens (tertiary/aromatic N) is 3. The standard InChI is InChI=1S/C20H20N6S/c1-27-13-14-6-8-15(9-7-14)23-20-21-11-10-19(25-20)24-17-4-2-3-5-18-16(17)12-22-26-18/h3-12H,2,13H2,1H3,(H,22,26)(H2,21,23,24,25). The van der Waals surface area contributed by atoms with E-state index in [2.05, 4.69) is 61.3 Å². The van der Waals surface area contributed by atoms with Crippen molar-refractivity contribution in [3.05, 3.63) is 71.7 Å². The van der Waals surface area contributed by atoms with Gasteiger partial charge >= 0.3 is 0 Å². The van der Waals surface area contributed by atoms with Crippen LogP contribution >= 0.6 is 11.8 Å². The summed E-state index contributed by atoms with van der Waals surface area (Å²) < 4.78 is 0. The molecule has 0 saturated carbocycles. The molecule has 27 heavy (non-hydrogen) atoms. The predicted octanol–water partition coefficient (Wildman–Crippen LogP) is 4.68. The van der Waals surface area contributed by atoms with Crippen LogP contribution in [0, 0.1) is 0 Å². The molecule has 3 N–H and O–H groups in total. The molecule has 1 aliphatic rings. The van der Waals surface area contributed by atoms with Crippen LogP contribution < -0.4 is 10.6 Å². The van der Waals surface area contributed by atoms with Gasteiger partial charge in [-0.3, -0.25) is 5.10 Å². The molecule has 136 valence electrons. The first kappa shape index (κ1) is 17.4. The zero-order chi connectivity index (χ0) is 18.5. The van der Waals surface area contributed by atoms with E-state index in [1.165, 1.54) is 5.56 Å². The third-order valence-corrected chi connectivity index (χ3v) is 4.76. The first-order valence-corrected chi connectivity index (χ1v) is 10.1. The second kappa shape index (κ2) is 8.09. The fourth-order valence-electron chi connectivity index (χ4n) is 2.84. The molecule has 0 atom stereocenters. The predicted molar refractivity (Wildman–Crippen MR) is 113 cm³/mol. The Balaban J connectivity index is 1.49. The molecular weight excluding hydrogens is 356 g/mol. The average Bonchev–Trinajstić information content (AvgIpc) is 3.07. The van der Waals surface area contributed by atoms with Crippen molar-refractivity contribution < 1.29 is 0 Å². The summed E-state index contributed by atoms with van der Waals surface area (Å²) in [6, 6.07) is 10.2. The molecule has 2 heterocycles. The highest BCUT2D eigenvalue weighted by Crippen LogP contribution is 2.24. The van der Waals surface area contributed by atoms with Gasteiger partial charge in [0.1, 0.15) is 5.82 Å². The molecule has 0 aliphatic heterocycles. The third-order valence-electron chi connectivity index (χ3n) is 4.14. The molecule has 3 aromatic rings. The van der Waals surface area contributed by atoms with Gasteiger partial charge in [0.2, 0.25) is 5.95 Å². The van der Waals surface area contributed by atoms with Crippen molar-refractivity contribution in [1.82, 2.24) is 20.2 Å². The van der Waals surface area contributed by atoms with E-state index in [0.29, 0.717) is 5.95 Å². The Hall–Kier alpha value is -3.06. The van der Waals surface area contributed by atoms with Gasteiger partial charge in [-0.05, 0) is 42.5 Å². The van der Waals surface area contributed by atoms with Crippen LogP contribution in [0.3, 0.4) is 0 Å². The van der Waals surface area contributed by atoms with Gasteiger partial charge in [-0.25, -0.2) is 4.98 Å². The topological polar surface area (TPSA) is 78.5 Å². The average molecular weight is 376 g/mol. The van der Waals surface area contributed by atoms with Crippen LogP contribution in [0.1, 0.15) is 23.2 Å². The van der Waals surface area contributed by atoms with Crippen LogP contribution in [0.15, 0.2) is 54.9 Å². The molecule has 0 amide bonds. The Kier molecular flexibility index (Phi) is 5.20. The van der Waals surface area contributed by atoms with Crippen molar-refractivity contribution in [3.63, 3.8) is 0 Å². The van der Waals surface area contributed by atoms with Crippen LogP contribution in [0.25, 0.3) is 11.8 Å². The molecule has 0 radical (unpaired) electrons. The molecule has 1 aromatic carbocycles. The Morgan fingerprint density at radius 1 is 1.15 bits per heavy atom. The molecule has 7 heteroatoms. The molecule has 4 rings (SSSR count). The van der Waals surface area contributed by atoms with Crippen molar-refractivity contribution in [1.29, 1.82) is 0 Å². The van der Waals surface area contributed by atoms with E-state index in [9.17, 15) is 0 Å². The third kappa shape index (κ3) is 4.20. The fourth-order valence-corrected chi connectivity index (χ4v) is 3.37. The van der Waals surface area contributed by atoms with E-state index >= 15 is 0 Å². The number of rotatable bonds is 6. The Labute approximate surface area is 162 Å². The zero-order valence-corrected chi connectivity index (χ0v) is 15.8. The molecule has 0 unspecified atom stereocenters. The summed E-state index contributed by atoms with van der Waals surface area (Å²) in [6.45, 7) is 0. The van der Waals surface area contributed by atoms with E-state index in [1.807, 2.05) is 42.2 Å². The number of anilines is 3. The second-order valence-corrected chi connectivity index (χ2v) is 6.96. The first-order valence-electron chi connectivity index (χ1n) is 8.67. The van der Waals surface area contributed by atoms with Crippen LogP contribution in [0.2, 0.25) is 0 Å². The van der Waals surface area contributed by atoms with Crippen molar-refractivity contribution in [3.8, 4) is 0 Å². The minimum Gasteiger partial charge on any atom is -0.340 e. The number of hydrogen-bond acceptors (Lipinski definition) is 6. The molecule has 2 aromatic heterocycles. The second-order valence-electron chi connectivity index (χ2n) is 6.10. The quantitative estimate of drug-likeness (QED) is 0.580. The van der Waals surface area contributed by atoms with Crippen molar-refractivity contribution in [2.75, 3.05) is 16.9 Å². The first-order chi connectivity index (χ1) is 13.3. The summed E-state index contributed by atoms with van der Waals surface area (Å²) in [4.78, 5) is 8.90. The Bertz CT molecular complexity index is 974. The number of benzene rings is 1. The molecule has 0 saturated heterocycles. The van der Waals surface area contributed by atoms with Gasteiger partial charge < -0.3 is 10.6 Å². The number of allylic oxidation sites excluding steroid dienone is 2. The summed E-state index contributed by atoms with van der Waals surface area (Å²) in [5, 5.41) is 13.8. The normalized spacial score (nSPS) is 12.9. The zero-order valence-electron chi connectivity index (χ0n) is 14.9.